The molecule has 1 aliphatic heterocycles. The van der Waals surface area contributed by atoms with Crippen molar-refractivity contribution >= 4 is 17.4 Å². The van der Waals surface area contributed by atoms with Crippen LogP contribution < -0.4 is 24.4 Å². The number of methoxy groups -OCH3 is 3. The van der Waals surface area contributed by atoms with E-state index in [1.807, 2.05) is 6.07 Å². The monoisotopic (exact) mass is 385 g/mol. The molecule has 2 heterocycles. The first-order valence-corrected chi connectivity index (χ1v) is 9.38. The standard InChI is InChI=1S/C21H27N3O4/c1-14-6-5-9-24(13-14)19-8-7-15(12-22-19)21(25)23-16-10-17(26-2)20(28-4)18(11-16)27-3/h7-8,10-12,14H,5-6,9,13H2,1-4H3,(H,23,25). The number of hydrogen-bond donors (Lipinski definition) is 1. The topological polar surface area (TPSA) is 72.9 Å². The smallest absolute Gasteiger partial charge is 0.257 e. The molecule has 1 unspecified atom stereocenters. The van der Waals surface area contributed by atoms with Gasteiger partial charge in [-0.1, -0.05) is 6.92 Å². The van der Waals surface area contributed by atoms with E-state index in [9.17, 15) is 4.79 Å². The van der Waals surface area contributed by atoms with E-state index in [4.69, 9.17) is 14.2 Å². The van der Waals surface area contributed by atoms with Crippen LogP contribution in [-0.4, -0.2) is 45.3 Å². The number of rotatable bonds is 6. The summed E-state index contributed by atoms with van der Waals surface area (Å²) in [5.74, 6) is 2.76. The van der Waals surface area contributed by atoms with Gasteiger partial charge in [0.1, 0.15) is 5.82 Å². The van der Waals surface area contributed by atoms with Crippen LogP contribution in [0.2, 0.25) is 0 Å². The molecule has 0 radical (unpaired) electrons. The second-order valence-corrected chi connectivity index (χ2v) is 6.97. The lowest BCUT2D eigenvalue weighted by Crippen LogP contribution is -2.34. The number of aromatic nitrogens is 1. The van der Waals surface area contributed by atoms with Gasteiger partial charge in [-0.25, -0.2) is 4.98 Å². The summed E-state index contributed by atoms with van der Waals surface area (Å²) in [5, 5.41) is 2.86. The molecule has 7 heteroatoms. The summed E-state index contributed by atoms with van der Waals surface area (Å²) in [6, 6.07) is 7.09. The van der Waals surface area contributed by atoms with Crippen LogP contribution >= 0.6 is 0 Å². The Morgan fingerprint density at radius 2 is 1.86 bits per heavy atom. The van der Waals surface area contributed by atoms with Crippen molar-refractivity contribution < 1.29 is 19.0 Å². The first-order valence-electron chi connectivity index (χ1n) is 9.38. The highest BCUT2D eigenvalue weighted by Gasteiger charge is 2.18. The van der Waals surface area contributed by atoms with Gasteiger partial charge >= 0.3 is 0 Å². The average molecular weight is 385 g/mol. The molecule has 1 aliphatic rings. The molecular weight excluding hydrogens is 358 g/mol. The van der Waals surface area contributed by atoms with Gasteiger partial charge in [0.05, 0.1) is 26.9 Å². The van der Waals surface area contributed by atoms with Gasteiger partial charge in [-0.15, -0.1) is 0 Å². The number of nitrogens with one attached hydrogen (secondary N) is 1. The van der Waals surface area contributed by atoms with Crippen LogP contribution in [-0.2, 0) is 0 Å². The van der Waals surface area contributed by atoms with E-state index in [1.54, 1.807) is 24.4 Å². The van der Waals surface area contributed by atoms with Crippen molar-refractivity contribution in [3.63, 3.8) is 0 Å². The first-order chi connectivity index (χ1) is 13.5. The highest BCUT2D eigenvalue weighted by atomic mass is 16.5. The Morgan fingerprint density at radius 3 is 2.39 bits per heavy atom. The molecule has 1 aromatic heterocycles. The number of piperidine rings is 1. The summed E-state index contributed by atoms with van der Waals surface area (Å²) < 4.78 is 16.0. The second-order valence-electron chi connectivity index (χ2n) is 6.97. The van der Waals surface area contributed by atoms with Crippen LogP contribution in [0.4, 0.5) is 11.5 Å². The predicted octanol–water partition coefficient (Wildman–Crippen LogP) is 3.60. The van der Waals surface area contributed by atoms with Gasteiger partial charge in [0, 0.05) is 37.1 Å². The van der Waals surface area contributed by atoms with Crippen LogP contribution in [0.15, 0.2) is 30.5 Å². The third kappa shape index (κ3) is 4.30. The van der Waals surface area contributed by atoms with Crippen molar-refractivity contribution in [1.29, 1.82) is 0 Å². The molecule has 0 bridgehead atoms. The first kappa shape index (κ1) is 19.8. The molecular formula is C21H27N3O4. The zero-order chi connectivity index (χ0) is 20.1. The van der Waals surface area contributed by atoms with Gasteiger partial charge in [0.15, 0.2) is 11.5 Å². The number of carbonyl (C=O) groups excluding carboxylic acids is 1. The SMILES string of the molecule is COc1cc(NC(=O)c2ccc(N3CCCC(C)C3)nc2)cc(OC)c1OC. The molecule has 0 spiro atoms. The molecule has 2 aromatic rings. The number of benzene rings is 1. The minimum Gasteiger partial charge on any atom is -0.493 e. The number of amides is 1. The summed E-state index contributed by atoms with van der Waals surface area (Å²) in [5.41, 5.74) is 1.04. The third-order valence-corrected chi connectivity index (χ3v) is 4.91. The number of ether oxygens (including phenoxy) is 3. The fourth-order valence-corrected chi connectivity index (χ4v) is 3.46. The van der Waals surface area contributed by atoms with Gasteiger partial charge < -0.3 is 24.4 Å². The van der Waals surface area contributed by atoms with E-state index in [2.05, 4.69) is 22.1 Å². The van der Waals surface area contributed by atoms with Crippen LogP contribution in [0, 0.1) is 5.92 Å². The molecule has 7 nitrogen and oxygen atoms in total. The maximum absolute atomic E-state index is 12.6. The number of carbonyl (C=O) groups is 1. The Morgan fingerprint density at radius 1 is 1.14 bits per heavy atom. The van der Waals surface area contributed by atoms with E-state index in [0.29, 0.717) is 34.4 Å². The van der Waals surface area contributed by atoms with Gasteiger partial charge in [0.2, 0.25) is 5.75 Å². The van der Waals surface area contributed by atoms with Gasteiger partial charge in [0.25, 0.3) is 5.91 Å². The fourth-order valence-electron chi connectivity index (χ4n) is 3.46. The average Bonchev–Trinajstić information content (AvgIpc) is 2.73. The van der Waals surface area contributed by atoms with Crippen molar-refractivity contribution in [3.05, 3.63) is 36.0 Å². The van der Waals surface area contributed by atoms with Crippen molar-refractivity contribution in [2.24, 2.45) is 5.92 Å². The van der Waals surface area contributed by atoms with E-state index in [1.165, 1.54) is 34.2 Å². The van der Waals surface area contributed by atoms with Crippen LogP contribution in [0.3, 0.4) is 0 Å². The molecule has 1 aromatic carbocycles. The van der Waals surface area contributed by atoms with Gasteiger partial charge in [-0.3, -0.25) is 4.79 Å². The highest BCUT2D eigenvalue weighted by molar-refractivity contribution is 6.04. The molecule has 28 heavy (non-hydrogen) atoms. The summed E-state index contributed by atoms with van der Waals surface area (Å²) >= 11 is 0. The molecule has 0 aliphatic carbocycles. The quantitative estimate of drug-likeness (QED) is 0.819. The van der Waals surface area contributed by atoms with Crippen molar-refractivity contribution in [3.8, 4) is 17.2 Å². The lowest BCUT2D eigenvalue weighted by Gasteiger charge is -2.31. The molecule has 1 N–H and O–H groups in total. The maximum Gasteiger partial charge on any atom is 0.257 e. The summed E-state index contributed by atoms with van der Waals surface area (Å²) in [7, 11) is 4.61. The van der Waals surface area contributed by atoms with E-state index in [-0.39, 0.29) is 5.91 Å². The molecule has 1 amide bonds. The van der Waals surface area contributed by atoms with Crippen molar-refractivity contribution in [2.75, 3.05) is 44.6 Å². The Kier molecular flexibility index (Phi) is 6.23. The zero-order valence-electron chi connectivity index (χ0n) is 16.8. The fraction of sp³-hybridized carbons (Fsp3) is 0.429. The second kappa shape index (κ2) is 8.82. The lowest BCUT2D eigenvalue weighted by molar-refractivity contribution is 0.102. The normalized spacial score (nSPS) is 16.4. The van der Waals surface area contributed by atoms with E-state index < -0.39 is 0 Å². The Bertz CT molecular complexity index is 798. The number of hydrogen-bond acceptors (Lipinski definition) is 6. The summed E-state index contributed by atoms with van der Waals surface area (Å²) in [6.07, 6.45) is 4.04. The van der Waals surface area contributed by atoms with E-state index in [0.717, 1.165) is 18.9 Å². The molecule has 1 atom stereocenters. The maximum atomic E-state index is 12.6. The molecule has 1 saturated heterocycles. The number of pyridine rings is 1. The van der Waals surface area contributed by atoms with Crippen molar-refractivity contribution in [2.45, 2.75) is 19.8 Å². The lowest BCUT2D eigenvalue weighted by atomic mass is 10.0. The van der Waals surface area contributed by atoms with Crippen LogP contribution in [0.25, 0.3) is 0 Å². The zero-order valence-corrected chi connectivity index (χ0v) is 16.8. The Hall–Kier alpha value is -2.96. The molecule has 150 valence electrons. The van der Waals surface area contributed by atoms with Crippen molar-refractivity contribution in [1.82, 2.24) is 4.98 Å². The van der Waals surface area contributed by atoms with Gasteiger partial charge in [-0.2, -0.15) is 0 Å². The molecule has 0 saturated carbocycles. The van der Waals surface area contributed by atoms with Gasteiger partial charge in [-0.05, 0) is 30.9 Å². The third-order valence-electron chi connectivity index (χ3n) is 4.91. The molecule has 1 fully saturated rings. The number of anilines is 2. The number of nitrogens with zero attached hydrogens (tertiary/aromatic N) is 2. The Balaban J connectivity index is 1.74. The summed E-state index contributed by atoms with van der Waals surface area (Å²) in [6.45, 7) is 4.27. The van der Waals surface area contributed by atoms with E-state index >= 15 is 0 Å². The minimum atomic E-state index is -0.250. The Labute approximate surface area is 165 Å². The predicted molar refractivity (Wildman–Crippen MR) is 109 cm³/mol. The molecule has 3 rings (SSSR count). The highest BCUT2D eigenvalue weighted by Crippen LogP contribution is 2.40. The van der Waals surface area contributed by atoms with Crippen LogP contribution in [0.1, 0.15) is 30.1 Å². The van der Waals surface area contributed by atoms with Crippen LogP contribution in [0.5, 0.6) is 17.2 Å². The minimum absolute atomic E-state index is 0.250. The summed E-state index contributed by atoms with van der Waals surface area (Å²) in [4.78, 5) is 19.4. The largest absolute Gasteiger partial charge is 0.493 e.